The van der Waals surface area contributed by atoms with E-state index in [1.807, 2.05) is 0 Å². The minimum absolute atomic E-state index is 0.422. The molecule has 0 heterocycles. The lowest BCUT2D eigenvalue weighted by Gasteiger charge is -2.19. The molecule has 7 heteroatoms. The van der Waals surface area contributed by atoms with Crippen LogP contribution in [0, 0.1) is 18.6 Å². The number of rotatable bonds is 2. The number of carbonyl (C=O) groups excluding carboxylic acids is 1. The van der Waals surface area contributed by atoms with Gasteiger partial charge in [-0.05, 0) is 39.3 Å². The SMILES string of the molecule is CC(C)(C)OC(=O)NCC(=O)O.Cc1ccc(F)cc1F. The fourth-order valence-electron chi connectivity index (χ4n) is 1.03. The molecule has 0 atom stereocenters. The minimum Gasteiger partial charge on any atom is -0.480 e. The number of hydrogen-bond acceptors (Lipinski definition) is 3. The lowest BCUT2D eigenvalue weighted by Crippen LogP contribution is -2.35. The van der Waals surface area contributed by atoms with Crippen LogP contribution in [0.5, 0.6) is 0 Å². The summed E-state index contributed by atoms with van der Waals surface area (Å²) < 4.78 is 29.2. The summed E-state index contributed by atoms with van der Waals surface area (Å²) in [7, 11) is 0. The minimum atomic E-state index is -1.10. The van der Waals surface area contributed by atoms with Crippen LogP contribution in [0.3, 0.4) is 0 Å². The molecule has 1 amide bonds. The molecule has 0 aliphatic carbocycles. The molecule has 21 heavy (non-hydrogen) atoms. The zero-order chi connectivity index (χ0) is 16.6. The van der Waals surface area contributed by atoms with Gasteiger partial charge in [0.25, 0.3) is 0 Å². The largest absolute Gasteiger partial charge is 0.480 e. The predicted molar refractivity (Wildman–Crippen MR) is 73.0 cm³/mol. The van der Waals surface area contributed by atoms with Gasteiger partial charge in [0.05, 0.1) is 0 Å². The number of carboxylic acid groups (broad SMARTS) is 1. The van der Waals surface area contributed by atoms with E-state index < -0.39 is 35.8 Å². The van der Waals surface area contributed by atoms with Gasteiger partial charge in [0, 0.05) is 6.07 Å². The van der Waals surface area contributed by atoms with E-state index in [4.69, 9.17) is 9.84 Å². The normalized spacial score (nSPS) is 10.2. The molecule has 2 N–H and O–H groups in total. The number of carboxylic acids is 1. The van der Waals surface area contributed by atoms with E-state index in [0.29, 0.717) is 5.56 Å². The molecule has 1 aromatic rings. The summed E-state index contributed by atoms with van der Waals surface area (Å²) in [4.78, 5) is 20.8. The molecule has 0 bridgehead atoms. The van der Waals surface area contributed by atoms with Gasteiger partial charge in [-0.15, -0.1) is 0 Å². The Labute approximate surface area is 121 Å². The molecule has 0 fully saturated rings. The fourth-order valence-corrected chi connectivity index (χ4v) is 1.03. The maximum absolute atomic E-state index is 12.3. The topological polar surface area (TPSA) is 75.6 Å². The molecule has 1 rings (SSSR count). The summed E-state index contributed by atoms with van der Waals surface area (Å²) in [6, 6.07) is 3.51. The Bertz CT molecular complexity index is 498. The van der Waals surface area contributed by atoms with Crippen molar-refractivity contribution in [3.05, 3.63) is 35.4 Å². The molecule has 118 valence electrons. The molecular weight excluding hydrogens is 284 g/mol. The highest BCUT2D eigenvalue weighted by molar-refractivity contribution is 5.76. The van der Waals surface area contributed by atoms with E-state index in [-0.39, 0.29) is 0 Å². The molecule has 0 radical (unpaired) electrons. The van der Waals surface area contributed by atoms with E-state index in [1.165, 1.54) is 12.1 Å². The van der Waals surface area contributed by atoms with Gasteiger partial charge in [0.2, 0.25) is 0 Å². The van der Waals surface area contributed by atoms with Gasteiger partial charge in [-0.25, -0.2) is 13.6 Å². The number of carbonyl (C=O) groups is 2. The van der Waals surface area contributed by atoms with Gasteiger partial charge < -0.3 is 15.2 Å². The summed E-state index contributed by atoms with van der Waals surface area (Å²) in [5, 5.41) is 10.3. The van der Waals surface area contributed by atoms with Gasteiger partial charge in [-0.1, -0.05) is 6.07 Å². The molecule has 5 nitrogen and oxygen atoms in total. The Morgan fingerprint density at radius 1 is 1.29 bits per heavy atom. The number of nitrogens with one attached hydrogen (secondary N) is 1. The van der Waals surface area contributed by atoms with Crippen LogP contribution in [0.1, 0.15) is 26.3 Å². The number of amides is 1. The van der Waals surface area contributed by atoms with Crippen molar-refractivity contribution < 1.29 is 28.2 Å². The van der Waals surface area contributed by atoms with E-state index in [9.17, 15) is 18.4 Å². The van der Waals surface area contributed by atoms with Crippen molar-refractivity contribution >= 4 is 12.1 Å². The maximum atomic E-state index is 12.3. The zero-order valence-electron chi connectivity index (χ0n) is 12.4. The van der Waals surface area contributed by atoms with Crippen LogP contribution in [0.4, 0.5) is 13.6 Å². The van der Waals surface area contributed by atoms with Gasteiger partial charge in [0.15, 0.2) is 0 Å². The highest BCUT2D eigenvalue weighted by Crippen LogP contribution is 2.07. The third-order valence-corrected chi connectivity index (χ3v) is 1.92. The van der Waals surface area contributed by atoms with Crippen LogP contribution >= 0.6 is 0 Å². The van der Waals surface area contributed by atoms with Crippen LogP contribution in [0.25, 0.3) is 0 Å². The number of aryl methyl sites for hydroxylation is 1. The molecule has 0 saturated carbocycles. The Balaban J connectivity index is 0.000000394. The Hall–Kier alpha value is -2.18. The van der Waals surface area contributed by atoms with Crippen LogP contribution in [0.2, 0.25) is 0 Å². The first kappa shape index (κ1) is 18.8. The van der Waals surface area contributed by atoms with Crippen molar-refractivity contribution in [2.24, 2.45) is 0 Å². The Kier molecular flexibility index (Phi) is 7.33. The zero-order valence-corrected chi connectivity index (χ0v) is 12.4. The third kappa shape index (κ3) is 10.3. The maximum Gasteiger partial charge on any atom is 0.408 e. The number of ether oxygens (including phenoxy) is 1. The number of halogens is 2. The molecule has 0 aliphatic rings. The van der Waals surface area contributed by atoms with Crippen molar-refractivity contribution in [1.82, 2.24) is 5.32 Å². The molecular formula is C14H19F2NO4. The quantitative estimate of drug-likeness (QED) is 0.881. The van der Waals surface area contributed by atoms with Crippen molar-refractivity contribution in [3.63, 3.8) is 0 Å². The Morgan fingerprint density at radius 3 is 2.24 bits per heavy atom. The smallest absolute Gasteiger partial charge is 0.408 e. The molecule has 0 aliphatic heterocycles. The van der Waals surface area contributed by atoms with Crippen LogP contribution in [-0.4, -0.2) is 29.3 Å². The average molecular weight is 303 g/mol. The molecule has 0 unspecified atom stereocenters. The molecule has 0 aromatic heterocycles. The summed E-state index contributed by atoms with van der Waals surface area (Å²) >= 11 is 0. The van der Waals surface area contributed by atoms with Gasteiger partial charge in [-0.2, -0.15) is 0 Å². The van der Waals surface area contributed by atoms with Gasteiger partial charge >= 0.3 is 12.1 Å². The van der Waals surface area contributed by atoms with Crippen molar-refractivity contribution in [2.75, 3.05) is 6.54 Å². The Morgan fingerprint density at radius 2 is 1.86 bits per heavy atom. The lowest BCUT2D eigenvalue weighted by molar-refractivity contribution is -0.136. The van der Waals surface area contributed by atoms with Crippen LogP contribution in [0.15, 0.2) is 18.2 Å². The monoisotopic (exact) mass is 303 g/mol. The highest BCUT2D eigenvalue weighted by atomic mass is 19.1. The second kappa shape index (κ2) is 8.18. The molecule has 0 saturated heterocycles. The lowest BCUT2D eigenvalue weighted by atomic mass is 10.2. The van der Waals surface area contributed by atoms with Crippen molar-refractivity contribution in [3.8, 4) is 0 Å². The first-order chi connectivity index (χ1) is 9.51. The summed E-state index contributed by atoms with van der Waals surface area (Å²) in [6.45, 7) is 6.28. The number of aliphatic carboxylic acids is 1. The molecule has 0 spiro atoms. The standard InChI is InChI=1S/C7H6F2.C7H13NO4/c1-5-2-3-6(8)4-7(5)9;1-7(2,3)12-6(11)8-4-5(9)10/h2-4H,1H3;4H2,1-3H3,(H,8,11)(H,9,10). The highest BCUT2D eigenvalue weighted by Gasteiger charge is 2.16. The first-order valence-corrected chi connectivity index (χ1v) is 6.11. The molecule has 1 aromatic carbocycles. The van der Waals surface area contributed by atoms with Crippen LogP contribution in [-0.2, 0) is 9.53 Å². The summed E-state index contributed by atoms with van der Waals surface area (Å²) in [6.07, 6.45) is -0.718. The summed E-state index contributed by atoms with van der Waals surface area (Å²) in [5.41, 5.74) is -0.126. The second-order valence-corrected chi connectivity index (χ2v) is 5.14. The second-order valence-electron chi connectivity index (χ2n) is 5.14. The number of alkyl carbamates (subject to hydrolysis) is 1. The third-order valence-electron chi connectivity index (χ3n) is 1.92. The number of hydrogen-bond donors (Lipinski definition) is 2. The predicted octanol–water partition coefficient (Wildman–Crippen LogP) is 2.87. The first-order valence-electron chi connectivity index (χ1n) is 6.11. The van der Waals surface area contributed by atoms with Crippen molar-refractivity contribution in [1.29, 1.82) is 0 Å². The number of benzene rings is 1. The summed E-state index contributed by atoms with van der Waals surface area (Å²) in [5.74, 6) is -2.12. The van der Waals surface area contributed by atoms with E-state index >= 15 is 0 Å². The van der Waals surface area contributed by atoms with E-state index in [2.05, 4.69) is 5.32 Å². The van der Waals surface area contributed by atoms with E-state index in [0.717, 1.165) is 6.07 Å². The van der Waals surface area contributed by atoms with Crippen molar-refractivity contribution in [2.45, 2.75) is 33.3 Å². The average Bonchev–Trinajstić information content (AvgIpc) is 2.30. The van der Waals surface area contributed by atoms with Crippen LogP contribution < -0.4 is 5.32 Å². The van der Waals surface area contributed by atoms with Gasteiger partial charge in [0.1, 0.15) is 23.8 Å². The van der Waals surface area contributed by atoms with E-state index in [1.54, 1.807) is 27.7 Å². The fraction of sp³-hybridized carbons (Fsp3) is 0.429. The van der Waals surface area contributed by atoms with Gasteiger partial charge in [-0.3, -0.25) is 4.79 Å².